The summed E-state index contributed by atoms with van der Waals surface area (Å²) in [7, 11) is 0. The van der Waals surface area contributed by atoms with Crippen molar-refractivity contribution >= 4 is 46.8 Å². The minimum atomic E-state index is -0.600. The van der Waals surface area contributed by atoms with Crippen LogP contribution in [0.15, 0.2) is 36.7 Å². The van der Waals surface area contributed by atoms with Crippen LogP contribution in [0.1, 0.15) is 26.3 Å². The first-order chi connectivity index (χ1) is 12.1. The molecule has 2 N–H and O–H groups in total. The van der Waals surface area contributed by atoms with E-state index in [0.717, 1.165) is 0 Å². The Hall–Kier alpha value is -2.87. The van der Waals surface area contributed by atoms with Crippen molar-refractivity contribution < 1.29 is 14.4 Å². The molecule has 1 aliphatic heterocycles. The molecule has 0 aromatic carbocycles. The molecule has 8 heteroatoms. The van der Waals surface area contributed by atoms with Crippen LogP contribution >= 0.6 is 12.2 Å². The van der Waals surface area contributed by atoms with E-state index in [2.05, 4.69) is 22.2 Å². The van der Waals surface area contributed by atoms with Gasteiger partial charge in [0.05, 0.1) is 5.69 Å². The van der Waals surface area contributed by atoms with Gasteiger partial charge in [0.25, 0.3) is 11.8 Å². The van der Waals surface area contributed by atoms with E-state index in [1.54, 1.807) is 26.8 Å². The van der Waals surface area contributed by atoms with Gasteiger partial charge in [0.1, 0.15) is 5.57 Å². The van der Waals surface area contributed by atoms with Crippen molar-refractivity contribution in [1.82, 2.24) is 15.2 Å². The average Bonchev–Trinajstić information content (AvgIpc) is 2.56. The fraction of sp³-hybridized carbons (Fsp3) is 0.278. The third-order valence-corrected chi connectivity index (χ3v) is 3.90. The standard InChI is InChI=1S/C18H20N4O3S/c1-5-8-22-15(24)12(14(23)21-17(22)26)9-11-10-19-7-6-13(11)20-16(25)18(2,3)4/h5-7,9-10H,1,8H2,2-4H3,(H,19,20,25)(H,21,23,26)/b12-9+. The molecule has 1 aliphatic rings. The van der Waals surface area contributed by atoms with Crippen molar-refractivity contribution in [2.24, 2.45) is 5.41 Å². The predicted molar refractivity (Wildman–Crippen MR) is 103 cm³/mol. The molecule has 26 heavy (non-hydrogen) atoms. The first-order valence-corrected chi connectivity index (χ1v) is 8.31. The quantitative estimate of drug-likeness (QED) is 0.364. The van der Waals surface area contributed by atoms with Crippen molar-refractivity contribution in [2.75, 3.05) is 11.9 Å². The molecule has 2 rings (SSSR count). The minimum Gasteiger partial charge on any atom is -0.325 e. The first-order valence-electron chi connectivity index (χ1n) is 7.90. The lowest BCUT2D eigenvalue weighted by Crippen LogP contribution is -2.53. The third kappa shape index (κ3) is 4.20. The summed E-state index contributed by atoms with van der Waals surface area (Å²) in [6, 6.07) is 1.60. The molecule has 0 spiro atoms. The van der Waals surface area contributed by atoms with Gasteiger partial charge in [-0.2, -0.15) is 0 Å². The zero-order valence-corrected chi connectivity index (χ0v) is 15.6. The number of pyridine rings is 1. The number of rotatable bonds is 4. The second kappa shape index (κ2) is 7.57. The van der Waals surface area contributed by atoms with Crippen LogP contribution in [0, 0.1) is 5.41 Å². The van der Waals surface area contributed by atoms with E-state index >= 15 is 0 Å². The van der Waals surface area contributed by atoms with Crippen LogP contribution in [0.3, 0.4) is 0 Å². The fourth-order valence-corrected chi connectivity index (χ4v) is 2.34. The highest BCUT2D eigenvalue weighted by molar-refractivity contribution is 7.80. The Morgan fingerprint density at radius 1 is 1.42 bits per heavy atom. The minimum absolute atomic E-state index is 0.0319. The largest absolute Gasteiger partial charge is 0.325 e. The van der Waals surface area contributed by atoms with Gasteiger partial charge < -0.3 is 5.32 Å². The first kappa shape index (κ1) is 19.5. The number of nitrogens with zero attached hydrogens (tertiary/aromatic N) is 2. The van der Waals surface area contributed by atoms with Crippen molar-refractivity contribution in [3.63, 3.8) is 0 Å². The molecule has 1 saturated heterocycles. The summed E-state index contributed by atoms with van der Waals surface area (Å²) < 4.78 is 0. The number of hydrogen-bond donors (Lipinski definition) is 2. The van der Waals surface area contributed by atoms with E-state index in [1.165, 1.54) is 29.4 Å². The molecular weight excluding hydrogens is 352 g/mol. The molecule has 7 nitrogen and oxygen atoms in total. The van der Waals surface area contributed by atoms with Gasteiger partial charge >= 0.3 is 0 Å². The summed E-state index contributed by atoms with van der Waals surface area (Å²) in [4.78, 5) is 42.3. The molecule has 0 unspecified atom stereocenters. The Morgan fingerprint density at radius 2 is 2.12 bits per heavy atom. The fourth-order valence-electron chi connectivity index (χ4n) is 2.09. The number of nitrogens with one attached hydrogen (secondary N) is 2. The summed E-state index contributed by atoms with van der Waals surface area (Å²) in [5.41, 5.74) is 0.199. The number of carbonyl (C=O) groups excluding carboxylic acids is 3. The summed E-state index contributed by atoms with van der Waals surface area (Å²) in [5, 5.41) is 5.30. The topological polar surface area (TPSA) is 91.4 Å². The number of hydrogen-bond acceptors (Lipinski definition) is 5. The molecule has 1 aromatic rings. The zero-order chi connectivity index (χ0) is 19.5. The van der Waals surface area contributed by atoms with Gasteiger partial charge in [-0.1, -0.05) is 26.8 Å². The molecular formula is C18H20N4O3S. The second-order valence-electron chi connectivity index (χ2n) is 6.69. The normalized spacial score (nSPS) is 16.5. The van der Waals surface area contributed by atoms with Gasteiger partial charge in [0, 0.05) is 29.9 Å². The van der Waals surface area contributed by atoms with Crippen LogP contribution in [-0.2, 0) is 14.4 Å². The van der Waals surface area contributed by atoms with E-state index in [-0.39, 0.29) is 23.1 Å². The van der Waals surface area contributed by atoms with E-state index in [1.807, 2.05) is 0 Å². The molecule has 0 atom stereocenters. The van der Waals surface area contributed by atoms with Gasteiger partial charge in [-0.25, -0.2) is 0 Å². The van der Waals surface area contributed by atoms with Gasteiger partial charge in [0.15, 0.2) is 5.11 Å². The Balaban J connectivity index is 2.41. The smallest absolute Gasteiger partial charge is 0.265 e. The summed E-state index contributed by atoms with van der Waals surface area (Å²) >= 11 is 5.02. The molecule has 2 heterocycles. The Morgan fingerprint density at radius 3 is 2.73 bits per heavy atom. The van der Waals surface area contributed by atoms with Crippen molar-refractivity contribution in [2.45, 2.75) is 20.8 Å². The summed E-state index contributed by atoms with van der Waals surface area (Å²) in [6.45, 7) is 9.11. The number of aromatic nitrogens is 1. The maximum atomic E-state index is 12.6. The van der Waals surface area contributed by atoms with Crippen molar-refractivity contribution in [3.8, 4) is 0 Å². The molecule has 1 aromatic heterocycles. The second-order valence-corrected chi connectivity index (χ2v) is 7.08. The van der Waals surface area contributed by atoms with Crippen LogP contribution < -0.4 is 10.6 Å². The predicted octanol–water partition coefficient (Wildman–Crippen LogP) is 1.88. The van der Waals surface area contributed by atoms with Crippen LogP contribution in [0.2, 0.25) is 0 Å². The SMILES string of the molecule is C=CCN1C(=O)/C(=C/c2cnccc2NC(=O)C(C)(C)C)C(=O)NC1=S. The lowest BCUT2D eigenvalue weighted by atomic mass is 9.95. The summed E-state index contributed by atoms with van der Waals surface area (Å²) in [6.07, 6.45) is 5.89. The Bertz CT molecular complexity index is 824. The van der Waals surface area contributed by atoms with Gasteiger partial charge in [-0.15, -0.1) is 6.58 Å². The molecule has 0 saturated carbocycles. The molecule has 1 fully saturated rings. The highest BCUT2D eigenvalue weighted by Gasteiger charge is 2.33. The number of thiocarbonyl (C=S) groups is 1. The molecule has 0 radical (unpaired) electrons. The molecule has 0 bridgehead atoms. The highest BCUT2D eigenvalue weighted by Crippen LogP contribution is 2.23. The lowest BCUT2D eigenvalue weighted by Gasteiger charge is -2.28. The summed E-state index contributed by atoms with van der Waals surface area (Å²) in [5.74, 6) is -1.33. The average molecular weight is 372 g/mol. The molecule has 3 amide bonds. The maximum Gasteiger partial charge on any atom is 0.265 e. The van der Waals surface area contributed by atoms with Crippen LogP contribution in [0.25, 0.3) is 6.08 Å². The van der Waals surface area contributed by atoms with E-state index in [0.29, 0.717) is 11.3 Å². The van der Waals surface area contributed by atoms with Crippen molar-refractivity contribution in [3.05, 3.63) is 42.3 Å². The maximum absolute atomic E-state index is 12.6. The Kier molecular flexibility index (Phi) is 5.66. The molecule has 0 aliphatic carbocycles. The van der Waals surface area contributed by atoms with E-state index < -0.39 is 17.2 Å². The third-order valence-electron chi connectivity index (χ3n) is 3.58. The van der Waals surface area contributed by atoms with Crippen LogP contribution in [0.5, 0.6) is 0 Å². The van der Waals surface area contributed by atoms with Gasteiger partial charge in [0.2, 0.25) is 5.91 Å². The van der Waals surface area contributed by atoms with Gasteiger partial charge in [-0.05, 0) is 24.4 Å². The van der Waals surface area contributed by atoms with Crippen molar-refractivity contribution in [1.29, 1.82) is 0 Å². The zero-order valence-electron chi connectivity index (χ0n) is 14.8. The van der Waals surface area contributed by atoms with E-state index in [4.69, 9.17) is 12.2 Å². The Labute approximate surface area is 157 Å². The number of anilines is 1. The monoisotopic (exact) mass is 372 g/mol. The number of amides is 3. The molecule has 136 valence electrons. The van der Waals surface area contributed by atoms with Crippen LogP contribution in [-0.4, -0.2) is 39.3 Å². The highest BCUT2D eigenvalue weighted by atomic mass is 32.1. The lowest BCUT2D eigenvalue weighted by molar-refractivity contribution is -0.128. The van der Waals surface area contributed by atoms with Crippen LogP contribution in [0.4, 0.5) is 5.69 Å². The number of carbonyl (C=O) groups is 3. The van der Waals surface area contributed by atoms with Gasteiger partial charge in [-0.3, -0.25) is 29.6 Å². The van der Waals surface area contributed by atoms with E-state index in [9.17, 15) is 14.4 Å².